The standard InChI is InChI=1S/C17H28N4O/c1-5-6-12-21(4)17(19-3)20-11-10-14-8-7-9-15(13-14)16(22)18-2/h7-9,13H,5-6,10-12H2,1-4H3,(H,18,22)(H,19,20). The third-order valence-corrected chi connectivity index (χ3v) is 3.53. The number of carbonyl (C=O) groups excluding carboxylic acids is 1. The fraction of sp³-hybridized carbons (Fsp3) is 0.529. The Morgan fingerprint density at radius 2 is 2.14 bits per heavy atom. The molecule has 0 unspecified atom stereocenters. The van der Waals surface area contributed by atoms with Gasteiger partial charge in [0.2, 0.25) is 0 Å². The maximum atomic E-state index is 11.6. The largest absolute Gasteiger partial charge is 0.356 e. The predicted molar refractivity (Wildman–Crippen MR) is 92.4 cm³/mol. The smallest absolute Gasteiger partial charge is 0.251 e. The van der Waals surface area contributed by atoms with E-state index in [0.29, 0.717) is 5.56 Å². The highest BCUT2D eigenvalue weighted by Gasteiger charge is 2.06. The first-order valence-electron chi connectivity index (χ1n) is 7.85. The van der Waals surface area contributed by atoms with Crippen LogP contribution >= 0.6 is 0 Å². The zero-order valence-electron chi connectivity index (χ0n) is 14.1. The van der Waals surface area contributed by atoms with Crippen LogP contribution in [-0.2, 0) is 6.42 Å². The quantitative estimate of drug-likeness (QED) is 0.597. The number of guanidine groups is 1. The molecular formula is C17H28N4O. The van der Waals surface area contributed by atoms with Crippen LogP contribution in [0, 0.1) is 0 Å². The lowest BCUT2D eigenvalue weighted by Crippen LogP contribution is -2.40. The third kappa shape index (κ3) is 5.76. The number of hydrogen-bond donors (Lipinski definition) is 2. The summed E-state index contributed by atoms with van der Waals surface area (Å²) in [6.07, 6.45) is 3.18. The van der Waals surface area contributed by atoms with Gasteiger partial charge in [-0.1, -0.05) is 25.5 Å². The van der Waals surface area contributed by atoms with E-state index in [4.69, 9.17) is 0 Å². The van der Waals surface area contributed by atoms with Gasteiger partial charge in [-0.15, -0.1) is 0 Å². The molecule has 1 aromatic carbocycles. The Bertz CT molecular complexity index is 499. The summed E-state index contributed by atoms with van der Waals surface area (Å²) >= 11 is 0. The summed E-state index contributed by atoms with van der Waals surface area (Å²) in [5.41, 5.74) is 1.84. The van der Waals surface area contributed by atoms with Crippen molar-refractivity contribution in [1.82, 2.24) is 15.5 Å². The Labute approximate surface area is 133 Å². The average Bonchev–Trinajstić information content (AvgIpc) is 2.56. The lowest BCUT2D eigenvalue weighted by Gasteiger charge is -2.21. The third-order valence-electron chi connectivity index (χ3n) is 3.53. The fourth-order valence-electron chi connectivity index (χ4n) is 2.22. The summed E-state index contributed by atoms with van der Waals surface area (Å²) in [6.45, 7) is 3.98. The number of unbranched alkanes of at least 4 members (excludes halogenated alkanes) is 1. The zero-order valence-corrected chi connectivity index (χ0v) is 14.1. The lowest BCUT2D eigenvalue weighted by molar-refractivity contribution is 0.0963. The van der Waals surface area contributed by atoms with E-state index in [1.54, 1.807) is 14.1 Å². The zero-order chi connectivity index (χ0) is 16.4. The number of hydrogen-bond acceptors (Lipinski definition) is 2. The van der Waals surface area contributed by atoms with Crippen molar-refractivity contribution in [3.8, 4) is 0 Å². The van der Waals surface area contributed by atoms with Crippen molar-refractivity contribution in [1.29, 1.82) is 0 Å². The number of benzene rings is 1. The topological polar surface area (TPSA) is 56.7 Å². The molecule has 0 aliphatic carbocycles. The van der Waals surface area contributed by atoms with Crippen molar-refractivity contribution in [2.75, 3.05) is 34.2 Å². The van der Waals surface area contributed by atoms with E-state index in [0.717, 1.165) is 37.5 Å². The second-order valence-corrected chi connectivity index (χ2v) is 5.28. The van der Waals surface area contributed by atoms with Gasteiger partial charge in [0.05, 0.1) is 0 Å². The van der Waals surface area contributed by atoms with E-state index in [1.807, 2.05) is 24.3 Å². The van der Waals surface area contributed by atoms with Gasteiger partial charge >= 0.3 is 0 Å². The van der Waals surface area contributed by atoms with Gasteiger partial charge in [0.15, 0.2) is 5.96 Å². The molecule has 0 spiro atoms. The van der Waals surface area contributed by atoms with Crippen molar-refractivity contribution in [2.45, 2.75) is 26.2 Å². The second-order valence-electron chi connectivity index (χ2n) is 5.28. The first-order valence-corrected chi connectivity index (χ1v) is 7.85. The molecule has 1 aromatic rings. The summed E-state index contributed by atoms with van der Waals surface area (Å²) in [7, 11) is 5.50. The number of amides is 1. The van der Waals surface area contributed by atoms with Crippen molar-refractivity contribution in [2.24, 2.45) is 4.99 Å². The summed E-state index contributed by atoms with van der Waals surface area (Å²) in [5.74, 6) is 0.862. The number of nitrogens with one attached hydrogen (secondary N) is 2. The van der Waals surface area contributed by atoms with E-state index < -0.39 is 0 Å². The molecule has 0 heterocycles. The number of nitrogens with zero attached hydrogens (tertiary/aromatic N) is 2. The minimum Gasteiger partial charge on any atom is -0.356 e. The van der Waals surface area contributed by atoms with Crippen LogP contribution < -0.4 is 10.6 Å². The number of rotatable bonds is 7. The first kappa shape index (κ1) is 18.0. The highest BCUT2D eigenvalue weighted by Crippen LogP contribution is 2.05. The van der Waals surface area contributed by atoms with Crippen molar-refractivity contribution >= 4 is 11.9 Å². The molecular weight excluding hydrogens is 276 g/mol. The molecule has 0 aliphatic heterocycles. The van der Waals surface area contributed by atoms with Crippen LogP contribution in [0.1, 0.15) is 35.7 Å². The molecule has 122 valence electrons. The molecule has 0 aliphatic rings. The highest BCUT2D eigenvalue weighted by atomic mass is 16.1. The van der Waals surface area contributed by atoms with Crippen molar-refractivity contribution < 1.29 is 4.79 Å². The van der Waals surface area contributed by atoms with E-state index in [-0.39, 0.29) is 5.91 Å². The minimum atomic E-state index is -0.0510. The van der Waals surface area contributed by atoms with E-state index in [2.05, 4.69) is 34.5 Å². The second kappa shape index (κ2) is 9.82. The lowest BCUT2D eigenvalue weighted by atomic mass is 10.1. The molecule has 0 aromatic heterocycles. The molecule has 0 saturated heterocycles. The van der Waals surface area contributed by atoms with E-state index in [9.17, 15) is 4.79 Å². The van der Waals surface area contributed by atoms with Gasteiger partial charge in [-0.25, -0.2) is 0 Å². The van der Waals surface area contributed by atoms with Gasteiger partial charge < -0.3 is 15.5 Å². The van der Waals surface area contributed by atoms with Gasteiger partial charge in [-0.05, 0) is 30.5 Å². The predicted octanol–water partition coefficient (Wildman–Crippen LogP) is 1.90. The Kier molecular flexibility index (Phi) is 8.04. The fourth-order valence-corrected chi connectivity index (χ4v) is 2.22. The summed E-state index contributed by atoms with van der Waals surface area (Å²) in [5, 5.41) is 6.01. The van der Waals surface area contributed by atoms with E-state index >= 15 is 0 Å². The summed E-state index contributed by atoms with van der Waals surface area (Å²) in [4.78, 5) is 18.1. The minimum absolute atomic E-state index is 0.0510. The molecule has 0 radical (unpaired) electrons. The molecule has 0 atom stereocenters. The molecule has 22 heavy (non-hydrogen) atoms. The molecule has 5 heteroatoms. The molecule has 0 bridgehead atoms. The molecule has 2 N–H and O–H groups in total. The van der Waals surface area contributed by atoms with Gasteiger partial charge in [0.25, 0.3) is 5.91 Å². The SMILES string of the molecule is CCCCN(C)C(=NC)NCCc1cccc(C(=O)NC)c1. The Hall–Kier alpha value is -2.04. The van der Waals surface area contributed by atoms with Gasteiger partial charge in [0, 0.05) is 39.8 Å². The monoisotopic (exact) mass is 304 g/mol. The Morgan fingerprint density at radius 3 is 2.77 bits per heavy atom. The summed E-state index contributed by atoms with van der Waals surface area (Å²) < 4.78 is 0. The maximum Gasteiger partial charge on any atom is 0.251 e. The number of aliphatic imine (C=N–C) groups is 1. The van der Waals surface area contributed by atoms with E-state index in [1.165, 1.54) is 6.42 Å². The van der Waals surface area contributed by atoms with Gasteiger partial charge in [-0.3, -0.25) is 9.79 Å². The van der Waals surface area contributed by atoms with Crippen LogP contribution in [0.2, 0.25) is 0 Å². The summed E-state index contributed by atoms with van der Waals surface area (Å²) in [6, 6.07) is 7.72. The average molecular weight is 304 g/mol. The molecule has 5 nitrogen and oxygen atoms in total. The maximum absolute atomic E-state index is 11.6. The Morgan fingerprint density at radius 1 is 1.36 bits per heavy atom. The number of carbonyl (C=O) groups is 1. The first-order chi connectivity index (χ1) is 10.6. The van der Waals surface area contributed by atoms with Crippen molar-refractivity contribution in [3.05, 3.63) is 35.4 Å². The van der Waals surface area contributed by atoms with Crippen LogP contribution in [0.5, 0.6) is 0 Å². The van der Waals surface area contributed by atoms with Crippen LogP contribution in [0.3, 0.4) is 0 Å². The van der Waals surface area contributed by atoms with Crippen LogP contribution in [0.15, 0.2) is 29.3 Å². The molecule has 1 rings (SSSR count). The Balaban J connectivity index is 2.50. The van der Waals surface area contributed by atoms with Gasteiger partial charge in [0.1, 0.15) is 0 Å². The van der Waals surface area contributed by atoms with Crippen molar-refractivity contribution in [3.63, 3.8) is 0 Å². The molecule has 0 saturated carbocycles. The van der Waals surface area contributed by atoms with Crippen LogP contribution in [-0.4, -0.2) is 51.0 Å². The highest BCUT2D eigenvalue weighted by molar-refractivity contribution is 5.94. The molecule has 0 fully saturated rings. The normalized spacial score (nSPS) is 11.2. The van der Waals surface area contributed by atoms with Crippen LogP contribution in [0.4, 0.5) is 0 Å². The molecule has 1 amide bonds. The van der Waals surface area contributed by atoms with Crippen LogP contribution in [0.25, 0.3) is 0 Å². The van der Waals surface area contributed by atoms with Gasteiger partial charge in [-0.2, -0.15) is 0 Å².